The Morgan fingerprint density at radius 1 is 1.04 bits per heavy atom. The van der Waals surface area contributed by atoms with Crippen LogP contribution in [-0.2, 0) is 14.2 Å². The molecule has 0 spiro atoms. The number of amides is 1. The van der Waals surface area contributed by atoms with Gasteiger partial charge in [0.2, 0.25) is 0 Å². The molecule has 47 heavy (non-hydrogen) atoms. The molecular formula is C35H54N6O4Si2. The monoisotopic (exact) mass is 678 g/mol. The Labute approximate surface area is 283 Å². The first kappa shape index (κ1) is 36.6. The molecule has 256 valence electrons. The second-order valence-corrected chi connectivity index (χ2v) is 27.3. The van der Waals surface area contributed by atoms with Crippen LogP contribution in [0.15, 0.2) is 36.5 Å². The molecule has 1 atom stereocenters. The third-order valence-electron chi connectivity index (χ3n) is 8.08. The van der Waals surface area contributed by atoms with E-state index in [4.69, 9.17) is 24.3 Å². The summed E-state index contributed by atoms with van der Waals surface area (Å²) in [5, 5.41) is 14.4. The zero-order chi connectivity index (χ0) is 34.4. The number of nitriles is 1. The number of hydrogen-bond acceptors (Lipinski definition) is 8. The highest BCUT2D eigenvalue weighted by atomic mass is 28.3. The van der Waals surface area contributed by atoms with Crippen LogP contribution in [0.25, 0.3) is 16.8 Å². The van der Waals surface area contributed by atoms with Gasteiger partial charge >= 0.3 is 6.09 Å². The van der Waals surface area contributed by atoms with E-state index in [1.54, 1.807) is 11.0 Å². The molecule has 2 aromatic heterocycles. The van der Waals surface area contributed by atoms with E-state index >= 15 is 0 Å². The average molecular weight is 679 g/mol. The summed E-state index contributed by atoms with van der Waals surface area (Å²) in [6.07, 6.45) is 3.27. The SMILES string of the molecule is CC(C)(C)OC(=O)N1CCCC(c2cc(N(COCC[Si](C)(C)C)COCC[Si](C)(C)C)n3ncc(-c4cccc(C#N)c4)c3n2)C1. The van der Waals surface area contributed by atoms with Gasteiger partial charge in [-0.15, -0.1) is 0 Å². The minimum Gasteiger partial charge on any atom is -0.444 e. The molecule has 1 aliphatic rings. The normalized spacial score (nSPS) is 15.9. The first-order valence-electron chi connectivity index (χ1n) is 16.8. The van der Waals surface area contributed by atoms with E-state index in [0.717, 1.165) is 47.6 Å². The summed E-state index contributed by atoms with van der Waals surface area (Å²) in [6.45, 7) is 23.0. The van der Waals surface area contributed by atoms with Crippen molar-refractivity contribution < 1.29 is 19.0 Å². The Bertz CT molecular complexity index is 1530. The maximum absolute atomic E-state index is 13.1. The van der Waals surface area contributed by atoms with Crippen molar-refractivity contribution in [2.45, 2.75) is 96.5 Å². The number of hydrogen-bond donors (Lipinski definition) is 0. The summed E-state index contributed by atoms with van der Waals surface area (Å²) in [6, 6.07) is 14.0. The molecular weight excluding hydrogens is 625 g/mol. The molecule has 0 aliphatic carbocycles. The van der Waals surface area contributed by atoms with Gasteiger partial charge in [0, 0.05) is 60.0 Å². The van der Waals surface area contributed by atoms with Crippen molar-refractivity contribution in [3.63, 3.8) is 0 Å². The lowest BCUT2D eigenvalue weighted by atomic mass is 9.94. The number of nitrogens with zero attached hydrogens (tertiary/aromatic N) is 6. The Hall–Kier alpha value is -3.25. The van der Waals surface area contributed by atoms with Crippen LogP contribution in [0.4, 0.5) is 10.6 Å². The predicted octanol–water partition coefficient (Wildman–Crippen LogP) is 7.81. The average Bonchev–Trinajstić information content (AvgIpc) is 3.42. The predicted molar refractivity (Wildman–Crippen MR) is 193 cm³/mol. The van der Waals surface area contributed by atoms with Crippen molar-refractivity contribution in [2.75, 3.05) is 44.7 Å². The van der Waals surface area contributed by atoms with E-state index in [1.807, 2.05) is 49.7 Å². The first-order valence-corrected chi connectivity index (χ1v) is 24.2. The molecule has 1 saturated heterocycles. The number of benzene rings is 1. The van der Waals surface area contributed by atoms with Crippen LogP contribution in [0.2, 0.25) is 51.4 Å². The number of carbonyl (C=O) groups excluding carboxylic acids is 1. The van der Waals surface area contributed by atoms with Gasteiger partial charge in [-0.1, -0.05) is 51.4 Å². The van der Waals surface area contributed by atoms with Crippen molar-refractivity contribution in [2.24, 2.45) is 0 Å². The van der Waals surface area contributed by atoms with Crippen LogP contribution >= 0.6 is 0 Å². The first-order chi connectivity index (χ1) is 22.0. The van der Waals surface area contributed by atoms with Crippen molar-refractivity contribution in [1.29, 1.82) is 5.26 Å². The summed E-state index contributed by atoms with van der Waals surface area (Å²) < 4.78 is 20.2. The third kappa shape index (κ3) is 10.9. The maximum Gasteiger partial charge on any atom is 0.410 e. The van der Waals surface area contributed by atoms with Crippen molar-refractivity contribution in [3.05, 3.63) is 47.8 Å². The third-order valence-corrected chi connectivity index (χ3v) is 11.5. The fraction of sp³-hybridized carbons (Fsp3) is 0.600. The number of aromatic nitrogens is 3. The Kier molecular flexibility index (Phi) is 11.9. The zero-order valence-electron chi connectivity index (χ0n) is 29.9. The van der Waals surface area contributed by atoms with Gasteiger partial charge in [-0.25, -0.2) is 9.78 Å². The molecule has 1 fully saturated rings. The number of likely N-dealkylation sites (tertiary alicyclic amines) is 1. The lowest BCUT2D eigenvalue weighted by molar-refractivity contribution is 0.0197. The fourth-order valence-electron chi connectivity index (χ4n) is 5.35. The topological polar surface area (TPSA) is 105 Å². The van der Waals surface area contributed by atoms with Gasteiger partial charge in [-0.05, 0) is 63.4 Å². The van der Waals surface area contributed by atoms with E-state index in [2.05, 4.69) is 56.3 Å². The number of rotatable bonds is 13. The second-order valence-electron chi connectivity index (χ2n) is 16.0. The van der Waals surface area contributed by atoms with Gasteiger partial charge in [0.15, 0.2) is 5.65 Å². The molecule has 1 unspecified atom stereocenters. The molecule has 0 bridgehead atoms. The van der Waals surface area contributed by atoms with Gasteiger partial charge in [0.25, 0.3) is 0 Å². The second kappa shape index (κ2) is 15.3. The Balaban J connectivity index is 1.75. The Morgan fingerprint density at radius 3 is 2.30 bits per heavy atom. The lowest BCUT2D eigenvalue weighted by Crippen LogP contribution is -2.42. The fourth-order valence-corrected chi connectivity index (χ4v) is 6.86. The molecule has 0 N–H and O–H groups in total. The summed E-state index contributed by atoms with van der Waals surface area (Å²) in [5.74, 6) is 0.832. The highest BCUT2D eigenvalue weighted by molar-refractivity contribution is 6.76. The zero-order valence-corrected chi connectivity index (χ0v) is 31.9. The molecule has 3 heterocycles. The molecule has 0 radical (unpaired) electrons. The molecule has 3 aromatic rings. The maximum atomic E-state index is 13.1. The highest BCUT2D eigenvalue weighted by Crippen LogP contribution is 2.33. The molecule has 1 amide bonds. The lowest BCUT2D eigenvalue weighted by Gasteiger charge is -2.34. The highest BCUT2D eigenvalue weighted by Gasteiger charge is 2.30. The minimum atomic E-state index is -1.27. The van der Waals surface area contributed by atoms with Crippen molar-refractivity contribution in [1.82, 2.24) is 19.5 Å². The van der Waals surface area contributed by atoms with Crippen LogP contribution in [0.3, 0.4) is 0 Å². The molecule has 1 aliphatic heterocycles. The van der Waals surface area contributed by atoms with Gasteiger partial charge in [-0.3, -0.25) is 0 Å². The van der Waals surface area contributed by atoms with Crippen LogP contribution in [-0.4, -0.2) is 87.1 Å². The standard InChI is InChI=1S/C35H54N6O4Si2/c1-35(2,3)45-34(42)39-15-11-14-29(24-39)31-21-32(40(25-43-16-18-46(4,5)6)26-44-17-19-47(7,8)9)41-33(38-31)30(23-37-41)28-13-10-12-27(20-28)22-36/h10,12-13,20-21,23,29H,11,14-19,24-26H2,1-9H3. The van der Waals surface area contributed by atoms with Crippen molar-refractivity contribution in [3.8, 4) is 17.2 Å². The van der Waals surface area contributed by atoms with Crippen LogP contribution in [0.1, 0.15) is 50.8 Å². The van der Waals surface area contributed by atoms with Gasteiger partial charge < -0.3 is 24.0 Å². The van der Waals surface area contributed by atoms with E-state index in [-0.39, 0.29) is 12.0 Å². The summed E-state index contributed by atoms with van der Waals surface area (Å²) in [5.41, 5.74) is 3.29. The van der Waals surface area contributed by atoms with Crippen LogP contribution in [0, 0.1) is 11.3 Å². The molecule has 0 saturated carbocycles. The number of piperidine rings is 1. The molecule has 12 heteroatoms. The van der Waals surface area contributed by atoms with Gasteiger partial charge in [0.1, 0.15) is 24.9 Å². The number of ether oxygens (including phenoxy) is 3. The van der Waals surface area contributed by atoms with Crippen molar-refractivity contribution >= 4 is 33.7 Å². The number of anilines is 1. The minimum absolute atomic E-state index is 0.00989. The number of fused-ring (bicyclic) bond motifs is 1. The quantitative estimate of drug-likeness (QED) is 0.102. The van der Waals surface area contributed by atoms with Gasteiger partial charge in [-0.2, -0.15) is 14.9 Å². The summed E-state index contributed by atoms with van der Waals surface area (Å²) >= 11 is 0. The smallest absolute Gasteiger partial charge is 0.410 e. The number of carbonyl (C=O) groups is 1. The molecule has 4 rings (SSSR count). The molecule has 10 nitrogen and oxygen atoms in total. The van der Waals surface area contributed by atoms with E-state index < -0.39 is 21.7 Å². The largest absolute Gasteiger partial charge is 0.444 e. The summed E-state index contributed by atoms with van der Waals surface area (Å²) in [4.78, 5) is 22.2. The van der Waals surface area contributed by atoms with E-state index in [0.29, 0.717) is 51.0 Å². The summed E-state index contributed by atoms with van der Waals surface area (Å²) in [7, 11) is -2.54. The Morgan fingerprint density at radius 2 is 1.70 bits per heavy atom. The van der Waals surface area contributed by atoms with Crippen LogP contribution < -0.4 is 4.90 Å². The van der Waals surface area contributed by atoms with Gasteiger partial charge in [0.05, 0.1) is 23.5 Å². The van der Waals surface area contributed by atoms with Crippen LogP contribution in [0.5, 0.6) is 0 Å². The van der Waals surface area contributed by atoms with E-state index in [1.165, 1.54) is 0 Å². The van der Waals surface area contributed by atoms with E-state index in [9.17, 15) is 10.1 Å². The molecule has 1 aromatic carbocycles.